The summed E-state index contributed by atoms with van der Waals surface area (Å²) < 4.78 is 30.4. The van der Waals surface area contributed by atoms with Crippen LogP contribution in [0.15, 0.2) is 23.1 Å². The quantitative estimate of drug-likeness (QED) is 0.598. The molecule has 0 aliphatic carbocycles. The highest BCUT2D eigenvalue weighted by Gasteiger charge is 2.16. The highest BCUT2D eigenvalue weighted by Crippen LogP contribution is 2.16. The lowest BCUT2D eigenvalue weighted by Gasteiger charge is -2.08. The Balaban J connectivity index is 2.80. The molecule has 0 amide bonds. The Bertz CT molecular complexity index is 540. The number of sulfonamides is 1. The van der Waals surface area contributed by atoms with E-state index in [1.165, 1.54) is 12.1 Å². The average molecular weight is 272 g/mol. The molecule has 0 aromatic heterocycles. The minimum absolute atomic E-state index is 0.0231. The van der Waals surface area contributed by atoms with Crippen LogP contribution >= 0.6 is 0 Å². The molecule has 18 heavy (non-hydrogen) atoms. The lowest BCUT2D eigenvalue weighted by Crippen LogP contribution is -2.30. The topological polar surface area (TPSA) is 98.5 Å². The van der Waals surface area contributed by atoms with Crippen molar-refractivity contribution in [3.63, 3.8) is 0 Å². The van der Waals surface area contributed by atoms with Crippen molar-refractivity contribution in [3.05, 3.63) is 23.8 Å². The lowest BCUT2D eigenvalue weighted by molar-refractivity contribution is -0.141. The number of rotatable bonds is 5. The van der Waals surface area contributed by atoms with Crippen molar-refractivity contribution in [1.82, 2.24) is 4.72 Å². The molecule has 0 heterocycles. The smallest absolute Gasteiger partial charge is 0.321 e. The van der Waals surface area contributed by atoms with Gasteiger partial charge in [0.2, 0.25) is 10.0 Å². The number of anilines is 1. The molecule has 3 N–H and O–H groups in total. The molecule has 1 aromatic carbocycles. The van der Waals surface area contributed by atoms with Crippen LogP contribution in [0, 0.1) is 6.92 Å². The van der Waals surface area contributed by atoms with Gasteiger partial charge in [-0.25, -0.2) is 8.42 Å². The van der Waals surface area contributed by atoms with Gasteiger partial charge in [-0.2, -0.15) is 4.72 Å². The summed E-state index contributed by atoms with van der Waals surface area (Å²) in [5.41, 5.74) is 6.81. The summed E-state index contributed by atoms with van der Waals surface area (Å²) in [6, 6.07) is 4.39. The highest BCUT2D eigenvalue weighted by atomic mass is 32.2. The number of carbonyl (C=O) groups excluding carboxylic acids is 1. The molecule has 1 aromatic rings. The number of benzene rings is 1. The van der Waals surface area contributed by atoms with Crippen molar-refractivity contribution in [2.45, 2.75) is 18.7 Å². The number of carbonyl (C=O) groups is 1. The van der Waals surface area contributed by atoms with E-state index in [0.29, 0.717) is 5.69 Å². The summed E-state index contributed by atoms with van der Waals surface area (Å²) in [5.74, 6) is -0.624. The molecule has 0 spiro atoms. The zero-order chi connectivity index (χ0) is 13.8. The minimum Gasteiger partial charge on any atom is -0.465 e. The molecule has 0 bridgehead atoms. The second-order valence-electron chi connectivity index (χ2n) is 3.65. The molecule has 0 saturated heterocycles. The molecule has 0 unspecified atom stereocenters. The van der Waals surface area contributed by atoms with Crippen LogP contribution in [0.2, 0.25) is 0 Å². The van der Waals surface area contributed by atoms with Gasteiger partial charge >= 0.3 is 5.97 Å². The van der Waals surface area contributed by atoms with Crippen molar-refractivity contribution in [2.75, 3.05) is 18.9 Å². The maximum absolute atomic E-state index is 11.8. The van der Waals surface area contributed by atoms with Gasteiger partial charge < -0.3 is 10.5 Å². The van der Waals surface area contributed by atoms with Crippen LogP contribution in [-0.4, -0.2) is 27.5 Å². The van der Waals surface area contributed by atoms with Crippen LogP contribution in [0.3, 0.4) is 0 Å². The van der Waals surface area contributed by atoms with E-state index in [0.717, 1.165) is 5.56 Å². The van der Waals surface area contributed by atoms with E-state index in [1.54, 1.807) is 19.9 Å². The van der Waals surface area contributed by atoms with E-state index in [1.807, 2.05) is 0 Å². The molecule has 0 saturated carbocycles. The molecule has 6 nitrogen and oxygen atoms in total. The summed E-state index contributed by atoms with van der Waals surface area (Å²) in [7, 11) is -3.74. The first-order chi connectivity index (χ1) is 8.36. The number of nitrogens with two attached hydrogens (primary N) is 1. The Morgan fingerprint density at radius 1 is 1.44 bits per heavy atom. The number of nitrogens with one attached hydrogen (secondary N) is 1. The number of ether oxygens (including phenoxy) is 1. The second-order valence-corrected chi connectivity index (χ2v) is 5.41. The van der Waals surface area contributed by atoms with Gasteiger partial charge in [0.1, 0.15) is 6.54 Å². The van der Waals surface area contributed by atoms with Gasteiger partial charge in [-0.1, -0.05) is 6.07 Å². The van der Waals surface area contributed by atoms with E-state index in [4.69, 9.17) is 5.73 Å². The molecule has 0 fully saturated rings. The monoisotopic (exact) mass is 272 g/mol. The normalized spacial score (nSPS) is 11.2. The predicted molar refractivity (Wildman–Crippen MR) is 67.4 cm³/mol. The van der Waals surface area contributed by atoms with Crippen LogP contribution in [-0.2, 0) is 19.6 Å². The molecule has 100 valence electrons. The zero-order valence-corrected chi connectivity index (χ0v) is 11.1. The first-order valence-corrected chi connectivity index (χ1v) is 6.86. The second kappa shape index (κ2) is 5.83. The van der Waals surface area contributed by atoms with E-state index in [2.05, 4.69) is 9.46 Å². The van der Waals surface area contributed by atoms with Crippen molar-refractivity contribution in [2.24, 2.45) is 0 Å². The predicted octanol–water partition coefficient (Wildman–Crippen LogP) is 0.419. The average Bonchev–Trinajstić information content (AvgIpc) is 2.30. The van der Waals surface area contributed by atoms with Crippen molar-refractivity contribution < 1.29 is 17.9 Å². The fourth-order valence-electron chi connectivity index (χ4n) is 1.24. The van der Waals surface area contributed by atoms with E-state index >= 15 is 0 Å². The summed E-state index contributed by atoms with van der Waals surface area (Å²) in [6.45, 7) is 3.23. The van der Waals surface area contributed by atoms with Crippen LogP contribution in [0.5, 0.6) is 0 Å². The third-order valence-electron chi connectivity index (χ3n) is 2.27. The standard InChI is InChI=1S/C11H16N2O4S/c1-3-17-11(14)7-13-18(15,16)9-5-4-8(2)10(12)6-9/h4-6,13H,3,7,12H2,1-2H3. The summed E-state index contributed by atoms with van der Waals surface area (Å²) in [5, 5.41) is 0. The molecule has 7 heteroatoms. The number of hydrogen-bond acceptors (Lipinski definition) is 5. The third-order valence-corrected chi connectivity index (χ3v) is 3.67. The van der Waals surface area contributed by atoms with Crippen LogP contribution in [0.25, 0.3) is 0 Å². The molecular weight excluding hydrogens is 256 g/mol. The maximum Gasteiger partial charge on any atom is 0.321 e. The van der Waals surface area contributed by atoms with Crippen molar-refractivity contribution in [1.29, 1.82) is 0 Å². The maximum atomic E-state index is 11.8. The molecule has 0 atom stereocenters. The van der Waals surface area contributed by atoms with Gasteiger partial charge in [-0.15, -0.1) is 0 Å². The van der Waals surface area contributed by atoms with Crippen molar-refractivity contribution >= 4 is 21.7 Å². The Kier molecular flexibility index (Phi) is 4.69. The minimum atomic E-state index is -3.74. The zero-order valence-electron chi connectivity index (χ0n) is 10.3. The molecule has 0 radical (unpaired) electrons. The summed E-state index contributed by atoms with van der Waals surface area (Å²) >= 11 is 0. The van der Waals surface area contributed by atoms with Crippen LogP contribution in [0.1, 0.15) is 12.5 Å². The largest absolute Gasteiger partial charge is 0.465 e. The lowest BCUT2D eigenvalue weighted by atomic mass is 10.2. The Labute approximate surface area is 106 Å². The van der Waals surface area contributed by atoms with Gasteiger partial charge in [0.25, 0.3) is 0 Å². The SMILES string of the molecule is CCOC(=O)CNS(=O)(=O)c1ccc(C)c(N)c1. The first kappa shape index (κ1) is 14.5. The Morgan fingerprint density at radius 3 is 2.67 bits per heavy atom. The van der Waals surface area contributed by atoms with Gasteiger partial charge in [0.15, 0.2) is 0 Å². The number of esters is 1. The summed E-state index contributed by atoms with van der Waals surface area (Å²) in [4.78, 5) is 11.1. The number of nitrogen functional groups attached to an aromatic ring is 1. The number of hydrogen-bond donors (Lipinski definition) is 2. The molecule has 0 aliphatic rings. The fourth-order valence-corrected chi connectivity index (χ4v) is 2.24. The molecule has 0 aliphatic heterocycles. The van der Waals surface area contributed by atoms with Gasteiger partial charge in [0.05, 0.1) is 11.5 Å². The fraction of sp³-hybridized carbons (Fsp3) is 0.364. The van der Waals surface area contributed by atoms with E-state index in [-0.39, 0.29) is 11.5 Å². The van der Waals surface area contributed by atoms with Gasteiger partial charge in [-0.05, 0) is 31.5 Å². The third kappa shape index (κ3) is 3.71. The van der Waals surface area contributed by atoms with Crippen LogP contribution < -0.4 is 10.5 Å². The number of aryl methyl sites for hydroxylation is 1. The molecular formula is C11H16N2O4S. The van der Waals surface area contributed by atoms with Gasteiger partial charge in [-0.3, -0.25) is 4.79 Å². The molecule has 1 rings (SSSR count). The summed E-state index contributed by atoms with van der Waals surface area (Å²) in [6.07, 6.45) is 0. The van der Waals surface area contributed by atoms with E-state index < -0.39 is 22.5 Å². The highest BCUT2D eigenvalue weighted by molar-refractivity contribution is 7.89. The van der Waals surface area contributed by atoms with Crippen LogP contribution in [0.4, 0.5) is 5.69 Å². The van der Waals surface area contributed by atoms with E-state index in [9.17, 15) is 13.2 Å². The van der Waals surface area contributed by atoms with Gasteiger partial charge in [0, 0.05) is 5.69 Å². The Hall–Kier alpha value is -1.60. The first-order valence-electron chi connectivity index (χ1n) is 5.38. The van der Waals surface area contributed by atoms with Crippen molar-refractivity contribution in [3.8, 4) is 0 Å². The Morgan fingerprint density at radius 2 is 2.11 bits per heavy atom.